The Balaban J connectivity index is 2.04. The van der Waals surface area contributed by atoms with Crippen molar-refractivity contribution in [1.29, 1.82) is 0 Å². The number of aliphatic hydroxyl groups excluding tert-OH is 1. The van der Waals surface area contributed by atoms with Gasteiger partial charge in [-0.15, -0.1) is 0 Å². The molecule has 1 unspecified atom stereocenters. The summed E-state index contributed by atoms with van der Waals surface area (Å²) < 4.78 is 13.2. The lowest BCUT2D eigenvalue weighted by Crippen LogP contribution is -2.02. The predicted octanol–water partition coefficient (Wildman–Crippen LogP) is 5.21. The minimum Gasteiger partial charge on any atom is -0.384 e. The molecule has 0 spiro atoms. The highest BCUT2D eigenvalue weighted by atomic mass is 19.1. The highest BCUT2D eigenvalue weighted by Gasteiger charge is 2.17. The molecule has 0 bridgehead atoms. The summed E-state index contributed by atoms with van der Waals surface area (Å²) in [6, 6.07) is 24.2. The third-order valence-electron chi connectivity index (χ3n) is 4.27. The van der Waals surface area contributed by atoms with Crippen LogP contribution in [-0.2, 0) is 0 Å². The molecule has 4 aromatic rings. The molecule has 0 heterocycles. The zero-order chi connectivity index (χ0) is 15.8. The molecule has 23 heavy (non-hydrogen) atoms. The average molecular weight is 302 g/mol. The molecule has 0 saturated carbocycles. The minimum atomic E-state index is -0.799. The number of hydrogen-bond acceptors (Lipinski definition) is 1. The fraction of sp³-hybridized carbons (Fsp3) is 0.0476. The third kappa shape index (κ3) is 2.37. The van der Waals surface area contributed by atoms with E-state index in [0.29, 0.717) is 5.56 Å². The van der Waals surface area contributed by atoms with Gasteiger partial charge < -0.3 is 5.11 Å². The molecular formula is C21H15FO. The van der Waals surface area contributed by atoms with E-state index in [4.69, 9.17) is 0 Å². The first kappa shape index (κ1) is 13.9. The quantitative estimate of drug-likeness (QED) is 0.504. The molecule has 1 N–H and O–H groups in total. The monoisotopic (exact) mass is 302 g/mol. The number of halogens is 1. The molecule has 0 saturated heterocycles. The first-order valence-corrected chi connectivity index (χ1v) is 7.58. The van der Waals surface area contributed by atoms with Crippen molar-refractivity contribution < 1.29 is 9.50 Å². The van der Waals surface area contributed by atoms with Crippen LogP contribution in [0.3, 0.4) is 0 Å². The van der Waals surface area contributed by atoms with Crippen molar-refractivity contribution in [3.8, 4) is 0 Å². The summed E-state index contributed by atoms with van der Waals surface area (Å²) in [5.41, 5.74) is 1.55. The van der Waals surface area contributed by atoms with Gasteiger partial charge in [0, 0.05) is 5.56 Å². The summed E-state index contributed by atoms with van der Waals surface area (Å²) in [6.45, 7) is 0. The van der Waals surface area contributed by atoms with Crippen LogP contribution in [0.15, 0.2) is 78.9 Å². The Morgan fingerprint density at radius 2 is 1.22 bits per heavy atom. The second-order valence-electron chi connectivity index (χ2n) is 5.69. The maximum Gasteiger partial charge on any atom is 0.123 e. The zero-order valence-corrected chi connectivity index (χ0v) is 12.4. The van der Waals surface area contributed by atoms with E-state index in [9.17, 15) is 9.50 Å². The average Bonchev–Trinajstić information content (AvgIpc) is 2.59. The van der Waals surface area contributed by atoms with Crippen LogP contribution in [0, 0.1) is 5.82 Å². The summed E-state index contributed by atoms with van der Waals surface area (Å²) in [5.74, 6) is -0.302. The zero-order valence-electron chi connectivity index (χ0n) is 12.4. The van der Waals surface area contributed by atoms with Crippen molar-refractivity contribution in [3.05, 3.63) is 95.8 Å². The number of hydrogen-bond donors (Lipinski definition) is 1. The highest BCUT2D eigenvalue weighted by Crippen LogP contribution is 2.35. The van der Waals surface area contributed by atoms with E-state index in [1.54, 1.807) is 12.1 Å². The van der Waals surface area contributed by atoms with Gasteiger partial charge in [-0.3, -0.25) is 0 Å². The molecule has 0 amide bonds. The standard InChI is InChI=1S/C21H15FO/c22-17-11-9-14(10-12-17)21(23)20-18-7-3-1-5-15(18)13-16-6-2-4-8-19(16)20/h1-13,21,23H. The lowest BCUT2D eigenvalue weighted by Gasteiger charge is -2.17. The third-order valence-corrected chi connectivity index (χ3v) is 4.27. The molecule has 0 aliphatic rings. The van der Waals surface area contributed by atoms with Crippen LogP contribution >= 0.6 is 0 Å². The Bertz CT molecular complexity index is 935. The molecule has 4 rings (SSSR count). The van der Waals surface area contributed by atoms with E-state index in [1.165, 1.54) is 12.1 Å². The van der Waals surface area contributed by atoms with Gasteiger partial charge in [-0.1, -0.05) is 60.7 Å². The second kappa shape index (κ2) is 5.49. The van der Waals surface area contributed by atoms with Crippen LogP contribution in [0.25, 0.3) is 21.5 Å². The van der Waals surface area contributed by atoms with Crippen LogP contribution in [0.5, 0.6) is 0 Å². The van der Waals surface area contributed by atoms with E-state index in [0.717, 1.165) is 27.1 Å². The summed E-state index contributed by atoms with van der Waals surface area (Å²) in [6.07, 6.45) is -0.799. The van der Waals surface area contributed by atoms with Crippen molar-refractivity contribution in [3.63, 3.8) is 0 Å². The summed E-state index contributed by atoms with van der Waals surface area (Å²) in [4.78, 5) is 0. The van der Waals surface area contributed by atoms with Gasteiger partial charge in [0.05, 0.1) is 0 Å². The first-order valence-electron chi connectivity index (χ1n) is 7.58. The van der Waals surface area contributed by atoms with Gasteiger partial charge in [0.25, 0.3) is 0 Å². The molecule has 0 fully saturated rings. The lowest BCUT2D eigenvalue weighted by atomic mass is 9.90. The Kier molecular flexibility index (Phi) is 3.32. The number of rotatable bonds is 2. The van der Waals surface area contributed by atoms with Gasteiger partial charge in [0.15, 0.2) is 0 Å². The molecule has 1 nitrogen and oxygen atoms in total. The molecular weight excluding hydrogens is 287 g/mol. The molecule has 1 atom stereocenters. The summed E-state index contributed by atoms with van der Waals surface area (Å²) in [5, 5.41) is 15.2. The molecule has 0 aliphatic heterocycles. The predicted molar refractivity (Wildman–Crippen MR) is 91.9 cm³/mol. The van der Waals surface area contributed by atoms with E-state index in [2.05, 4.69) is 6.07 Å². The Hall–Kier alpha value is -2.71. The Morgan fingerprint density at radius 3 is 1.78 bits per heavy atom. The number of fused-ring (bicyclic) bond motifs is 2. The van der Waals surface area contributed by atoms with Crippen LogP contribution in [0.2, 0.25) is 0 Å². The number of benzene rings is 4. The molecule has 0 radical (unpaired) electrons. The normalized spacial score (nSPS) is 12.6. The summed E-state index contributed by atoms with van der Waals surface area (Å²) in [7, 11) is 0. The van der Waals surface area contributed by atoms with Gasteiger partial charge in [0.2, 0.25) is 0 Å². The lowest BCUT2D eigenvalue weighted by molar-refractivity contribution is 0.223. The van der Waals surface area contributed by atoms with E-state index >= 15 is 0 Å². The van der Waals surface area contributed by atoms with Gasteiger partial charge >= 0.3 is 0 Å². The molecule has 4 aromatic carbocycles. The number of aliphatic hydroxyl groups is 1. The molecule has 2 heteroatoms. The van der Waals surface area contributed by atoms with E-state index < -0.39 is 6.10 Å². The highest BCUT2D eigenvalue weighted by molar-refractivity contribution is 6.02. The fourth-order valence-electron chi connectivity index (χ4n) is 3.16. The van der Waals surface area contributed by atoms with Crippen LogP contribution in [0.4, 0.5) is 4.39 Å². The SMILES string of the molecule is OC(c1ccc(F)cc1)c1c2ccccc2cc2ccccc12. The Labute approximate surface area is 133 Å². The van der Waals surface area contributed by atoms with Crippen LogP contribution < -0.4 is 0 Å². The molecule has 0 aromatic heterocycles. The van der Waals surface area contributed by atoms with Gasteiger partial charge in [-0.25, -0.2) is 4.39 Å². The van der Waals surface area contributed by atoms with Crippen molar-refractivity contribution in [2.45, 2.75) is 6.10 Å². The maximum atomic E-state index is 13.2. The van der Waals surface area contributed by atoms with Gasteiger partial charge in [-0.05, 0) is 45.3 Å². The van der Waals surface area contributed by atoms with Crippen molar-refractivity contribution in [1.82, 2.24) is 0 Å². The first-order chi connectivity index (χ1) is 11.2. The maximum absolute atomic E-state index is 13.2. The van der Waals surface area contributed by atoms with Crippen LogP contribution in [-0.4, -0.2) is 5.11 Å². The van der Waals surface area contributed by atoms with Crippen molar-refractivity contribution in [2.24, 2.45) is 0 Å². The fourth-order valence-corrected chi connectivity index (χ4v) is 3.16. The largest absolute Gasteiger partial charge is 0.384 e. The second-order valence-corrected chi connectivity index (χ2v) is 5.69. The van der Waals surface area contributed by atoms with E-state index in [-0.39, 0.29) is 5.82 Å². The van der Waals surface area contributed by atoms with Crippen molar-refractivity contribution in [2.75, 3.05) is 0 Å². The van der Waals surface area contributed by atoms with E-state index in [1.807, 2.05) is 48.5 Å². The van der Waals surface area contributed by atoms with Gasteiger partial charge in [-0.2, -0.15) is 0 Å². The Morgan fingerprint density at radius 1 is 0.696 bits per heavy atom. The van der Waals surface area contributed by atoms with Crippen LogP contribution in [0.1, 0.15) is 17.2 Å². The summed E-state index contributed by atoms with van der Waals surface area (Å²) >= 11 is 0. The van der Waals surface area contributed by atoms with Crippen molar-refractivity contribution >= 4 is 21.5 Å². The molecule has 0 aliphatic carbocycles. The minimum absolute atomic E-state index is 0.302. The molecule has 112 valence electrons. The topological polar surface area (TPSA) is 20.2 Å². The van der Waals surface area contributed by atoms with Gasteiger partial charge in [0.1, 0.15) is 11.9 Å². The smallest absolute Gasteiger partial charge is 0.123 e.